The molecule has 114 valence electrons. The van der Waals surface area contributed by atoms with Crippen LogP contribution in [0.4, 0.5) is 0 Å². The van der Waals surface area contributed by atoms with E-state index in [4.69, 9.17) is 5.73 Å². The van der Waals surface area contributed by atoms with Crippen molar-refractivity contribution in [1.29, 1.82) is 0 Å². The predicted molar refractivity (Wildman–Crippen MR) is 83.8 cm³/mol. The number of hydrogen-bond acceptors (Lipinski definition) is 4. The van der Waals surface area contributed by atoms with Crippen LogP contribution in [0.25, 0.3) is 0 Å². The van der Waals surface area contributed by atoms with Gasteiger partial charge in [-0.2, -0.15) is 0 Å². The van der Waals surface area contributed by atoms with Gasteiger partial charge in [0.05, 0.1) is 12.3 Å². The summed E-state index contributed by atoms with van der Waals surface area (Å²) >= 11 is 0. The highest BCUT2D eigenvalue weighted by atomic mass is 32.2. The van der Waals surface area contributed by atoms with Crippen LogP contribution in [-0.2, 0) is 9.84 Å². The van der Waals surface area contributed by atoms with E-state index >= 15 is 0 Å². The Kier molecular flexibility index (Phi) is 6.40. The monoisotopic (exact) mass is 308 g/mol. The minimum Gasteiger partial charge on any atom is -0.351 e. The van der Waals surface area contributed by atoms with E-state index in [0.717, 1.165) is 11.1 Å². The summed E-state index contributed by atoms with van der Waals surface area (Å²) in [4.78, 5) is 12.1. The van der Waals surface area contributed by atoms with Crippen molar-refractivity contribution in [3.8, 4) is 11.8 Å². The first-order valence-electron chi connectivity index (χ1n) is 6.68. The van der Waals surface area contributed by atoms with Crippen molar-refractivity contribution in [3.63, 3.8) is 0 Å². The van der Waals surface area contributed by atoms with Gasteiger partial charge in [0.25, 0.3) is 5.91 Å². The summed E-state index contributed by atoms with van der Waals surface area (Å²) in [5.41, 5.74) is 7.33. The van der Waals surface area contributed by atoms with Crippen LogP contribution in [0.2, 0.25) is 0 Å². The number of nitrogens with one attached hydrogen (secondary N) is 1. The van der Waals surface area contributed by atoms with E-state index in [2.05, 4.69) is 17.2 Å². The first-order chi connectivity index (χ1) is 9.91. The zero-order valence-corrected chi connectivity index (χ0v) is 13.1. The van der Waals surface area contributed by atoms with Crippen LogP contribution in [0, 0.1) is 18.8 Å². The van der Waals surface area contributed by atoms with Crippen LogP contribution >= 0.6 is 0 Å². The molecule has 0 fully saturated rings. The number of hydrogen-bond donors (Lipinski definition) is 2. The molecule has 21 heavy (non-hydrogen) atoms. The smallest absolute Gasteiger partial charge is 0.251 e. The van der Waals surface area contributed by atoms with Gasteiger partial charge in [-0.15, -0.1) is 0 Å². The molecule has 3 N–H and O–H groups in total. The normalized spacial score (nSPS) is 10.6. The highest BCUT2D eigenvalue weighted by molar-refractivity contribution is 7.91. The summed E-state index contributed by atoms with van der Waals surface area (Å²) in [6.45, 7) is 3.75. The van der Waals surface area contributed by atoms with Gasteiger partial charge < -0.3 is 11.1 Å². The van der Waals surface area contributed by atoms with Crippen LogP contribution in [0.1, 0.15) is 28.4 Å². The van der Waals surface area contributed by atoms with Crippen LogP contribution in [0.5, 0.6) is 0 Å². The van der Waals surface area contributed by atoms with Gasteiger partial charge >= 0.3 is 0 Å². The molecule has 0 unspecified atom stereocenters. The highest BCUT2D eigenvalue weighted by Crippen LogP contribution is 2.12. The molecule has 0 saturated heterocycles. The third-order valence-electron chi connectivity index (χ3n) is 3.04. The molecule has 1 aromatic carbocycles. The lowest BCUT2D eigenvalue weighted by molar-refractivity contribution is 0.0955. The van der Waals surface area contributed by atoms with Crippen LogP contribution < -0.4 is 11.1 Å². The van der Waals surface area contributed by atoms with Crippen molar-refractivity contribution >= 4 is 15.7 Å². The molecule has 0 bridgehead atoms. The van der Waals surface area contributed by atoms with Crippen molar-refractivity contribution < 1.29 is 13.2 Å². The zero-order chi connectivity index (χ0) is 15.9. The predicted octanol–water partition coefficient (Wildman–Crippen LogP) is 0.470. The second-order valence-corrected chi connectivity index (χ2v) is 6.95. The Morgan fingerprint density at radius 2 is 2.10 bits per heavy atom. The lowest BCUT2D eigenvalue weighted by atomic mass is 10.0. The quantitative estimate of drug-likeness (QED) is 0.774. The molecular formula is C15H20N2O3S. The number of carbonyl (C=O) groups is 1. The van der Waals surface area contributed by atoms with E-state index in [-0.39, 0.29) is 30.5 Å². The molecule has 0 heterocycles. The molecule has 0 aliphatic heterocycles. The van der Waals surface area contributed by atoms with Crippen molar-refractivity contribution in [2.24, 2.45) is 5.73 Å². The van der Waals surface area contributed by atoms with E-state index < -0.39 is 9.84 Å². The Balaban J connectivity index is 2.79. The Morgan fingerprint density at radius 3 is 2.71 bits per heavy atom. The highest BCUT2D eigenvalue weighted by Gasteiger charge is 2.12. The van der Waals surface area contributed by atoms with Crippen LogP contribution in [-0.4, -0.2) is 38.9 Å². The van der Waals surface area contributed by atoms with Gasteiger partial charge in [-0.05, 0) is 24.6 Å². The van der Waals surface area contributed by atoms with E-state index in [1.807, 2.05) is 6.07 Å². The number of amides is 1. The standard InChI is InChI=1S/C15H20N2O3S/c1-3-21(19,20)11-10-17-15(18)14-8-4-6-13(12(14)2)7-5-9-16/h4,6,8H,3,9-11,16H2,1-2H3,(H,17,18). The van der Waals surface area contributed by atoms with Gasteiger partial charge in [0.2, 0.25) is 0 Å². The average molecular weight is 308 g/mol. The van der Waals surface area contributed by atoms with Crippen molar-refractivity contribution in [1.82, 2.24) is 5.32 Å². The Labute approximate surface area is 125 Å². The lowest BCUT2D eigenvalue weighted by Gasteiger charge is -2.09. The third-order valence-corrected chi connectivity index (χ3v) is 4.75. The second kappa shape index (κ2) is 7.81. The van der Waals surface area contributed by atoms with E-state index in [9.17, 15) is 13.2 Å². The molecule has 0 aliphatic rings. The molecule has 5 nitrogen and oxygen atoms in total. The zero-order valence-electron chi connectivity index (χ0n) is 12.3. The summed E-state index contributed by atoms with van der Waals surface area (Å²) in [5, 5.41) is 2.62. The molecular weight excluding hydrogens is 288 g/mol. The van der Waals surface area contributed by atoms with Crippen molar-refractivity contribution in [3.05, 3.63) is 34.9 Å². The maximum absolute atomic E-state index is 12.1. The number of nitrogens with two attached hydrogens (primary N) is 1. The maximum atomic E-state index is 12.1. The molecule has 0 atom stereocenters. The van der Waals surface area contributed by atoms with E-state index in [1.165, 1.54) is 0 Å². The molecule has 6 heteroatoms. The van der Waals surface area contributed by atoms with Gasteiger partial charge in [-0.1, -0.05) is 24.8 Å². The summed E-state index contributed by atoms with van der Waals surface area (Å²) in [5.74, 6) is 5.38. The molecule has 1 aromatic rings. The van der Waals surface area contributed by atoms with Crippen LogP contribution in [0.3, 0.4) is 0 Å². The molecule has 0 radical (unpaired) electrons. The molecule has 1 rings (SSSR count). The summed E-state index contributed by atoms with van der Waals surface area (Å²) < 4.78 is 22.8. The SMILES string of the molecule is CCS(=O)(=O)CCNC(=O)c1cccc(C#CCN)c1C. The summed E-state index contributed by atoms with van der Waals surface area (Å²) in [6.07, 6.45) is 0. The topological polar surface area (TPSA) is 89.3 Å². The molecule has 0 saturated carbocycles. The Bertz CT molecular complexity index is 670. The van der Waals surface area contributed by atoms with Gasteiger partial charge in [0, 0.05) is 23.4 Å². The first-order valence-corrected chi connectivity index (χ1v) is 8.50. The molecule has 0 aromatic heterocycles. The van der Waals surface area contributed by atoms with E-state index in [0.29, 0.717) is 5.56 Å². The van der Waals surface area contributed by atoms with Crippen molar-refractivity contribution in [2.45, 2.75) is 13.8 Å². The molecule has 0 aliphatic carbocycles. The third kappa shape index (κ3) is 5.21. The fourth-order valence-electron chi connectivity index (χ4n) is 1.72. The van der Waals surface area contributed by atoms with Gasteiger partial charge in [0.1, 0.15) is 0 Å². The minimum atomic E-state index is -3.08. The number of sulfone groups is 1. The fraction of sp³-hybridized carbons (Fsp3) is 0.400. The fourth-order valence-corrected chi connectivity index (χ4v) is 2.42. The first kappa shape index (κ1) is 17.2. The number of rotatable bonds is 5. The Morgan fingerprint density at radius 1 is 1.38 bits per heavy atom. The average Bonchev–Trinajstić information content (AvgIpc) is 2.46. The molecule has 0 spiro atoms. The van der Waals surface area contributed by atoms with Crippen LogP contribution in [0.15, 0.2) is 18.2 Å². The lowest BCUT2D eigenvalue weighted by Crippen LogP contribution is -2.30. The number of carbonyl (C=O) groups excluding carboxylic acids is 1. The number of benzene rings is 1. The molecule has 1 amide bonds. The largest absolute Gasteiger partial charge is 0.351 e. The van der Waals surface area contributed by atoms with Crippen molar-refractivity contribution in [2.75, 3.05) is 24.6 Å². The van der Waals surface area contributed by atoms with Gasteiger partial charge in [-0.25, -0.2) is 8.42 Å². The van der Waals surface area contributed by atoms with E-state index in [1.54, 1.807) is 26.0 Å². The summed E-state index contributed by atoms with van der Waals surface area (Å²) in [6, 6.07) is 5.24. The van der Waals surface area contributed by atoms with Gasteiger partial charge in [-0.3, -0.25) is 4.79 Å². The minimum absolute atomic E-state index is 0.0546. The summed E-state index contributed by atoms with van der Waals surface area (Å²) in [7, 11) is -3.08. The maximum Gasteiger partial charge on any atom is 0.251 e. The second-order valence-electron chi connectivity index (χ2n) is 4.48. The van der Waals surface area contributed by atoms with Gasteiger partial charge in [0.15, 0.2) is 9.84 Å². The Hall–Kier alpha value is -1.84.